The van der Waals surface area contributed by atoms with Crippen LogP contribution in [-0.2, 0) is 11.2 Å². The maximum absolute atomic E-state index is 11.9. The normalized spacial score (nSPS) is 13.6. The van der Waals surface area contributed by atoms with Crippen molar-refractivity contribution in [2.75, 3.05) is 18.9 Å². The van der Waals surface area contributed by atoms with Crippen LogP contribution in [0.4, 0.5) is 19.0 Å². The van der Waals surface area contributed by atoms with Crippen molar-refractivity contribution in [1.29, 1.82) is 0 Å². The summed E-state index contributed by atoms with van der Waals surface area (Å²) in [6.45, 7) is -1.46. The molecule has 0 saturated carbocycles. The number of rotatable bonds is 6. The molecule has 0 spiro atoms. The van der Waals surface area contributed by atoms with Gasteiger partial charge in [0.05, 0.1) is 6.61 Å². The van der Waals surface area contributed by atoms with E-state index in [1.807, 2.05) is 0 Å². The lowest BCUT2D eigenvalue weighted by Gasteiger charge is -2.17. The monoisotopic (exact) mass is 264 g/mol. The van der Waals surface area contributed by atoms with Gasteiger partial charge in [0.1, 0.15) is 12.4 Å². The molecule has 0 bridgehead atoms. The number of hydrazine groups is 1. The molecule has 5 nitrogen and oxygen atoms in total. The second-order valence-electron chi connectivity index (χ2n) is 3.75. The molecular weight excluding hydrogens is 249 g/mol. The molecule has 1 unspecified atom stereocenters. The van der Waals surface area contributed by atoms with Crippen LogP contribution in [0.1, 0.15) is 5.56 Å². The number of nitrogens with zero attached hydrogens (tertiary/aromatic N) is 1. The fraction of sp³-hybridized carbons (Fsp3) is 0.500. The molecule has 1 rings (SSSR count). The Morgan fingerprint density at radius 1 is 1.44 bits per heavy atom. The van der Waals surface area contributed by atoms with Gasteiger partial charge >= 0.3 is 6.18 Å². The topological polar surface area (TPSA) is 86.2 Å². The van der Waals surface area contributed by atoms with Gasteiger partial charge in [-0.05, 0) is 18.1 Å². The number of nitrogen functional groups attached to an aromatic ring is 1. The summed E-state index contributed by atoms with van der Waals surface area (Å²) in [6, 6.07) is 2.96. The molecule has 8 heteroatoms. The van der Waals surface area contributed by atoms with Gasteiger partial charge < -0.3 is 10.5 Å². The Morgan fingerprint density at radius 3 is 2.72 bits per heavy atom. The molecule has 0 amide bonds. The van der Waals surface area contributed by atoms with E-state index in [1.165, 1.54) is 6.20 Å². The molecule has 0 saturated heterocycles. The Labute approximate surface area is 102 Å². The number of anilines is 1. The summed E-state index contributed by atoms with van der Waals surface area (Å²) in [4.78, 5) is 3.87. The van der Waals surface area contributed by atoms with Gasteiger partial charge in [0.2, 0.25) is 0 Å². The maximum Gasteiger partial charge on any atom is 0.411 e. The second kappa shape index (κ2) is 6.53. The molecule has 0 aliphatic heterocycles. The van der Waals surface area contributed by atoms with Gasteiger partial charge in [-0.25, -0.2) is 4.98 Å². The number of ether oxygens (including phenoxy) is 1. The van der Waals surface area contributed by atoms with Crippen LogP contribution in [0.3, 0.4) is 0 Å². The molecule has 1 aromatic rings. The number of alkyl halides is 3. The predicted molar refractivity (Wildman–Crippen MR) is 60.3 cm³/mol. The van der Waals surface area contributed by atoms with Crippen molar-refractivity contribution >= 4 is 5.82 Å². The molecule has 0 aromatic carbocycles. The number of hydrogen-bond acceptors (Lipinski definition) is 5. The molecule has 0 fully saturated rings. The third kappa shape index (κ3) is 5.30. The van der Waals surface area contributed by atoms with Crippen LogP contribution in [0.15, 0.2) is 18.3 Å². The molecule has 5 N–H and O–H groups in total. The SMILES string of the molecule is NNC(COCC(F)(F)F)Cc1cccnc1N. The first kappa shape index (κ1) is 14.7. The third-order valence-electron chi connectivity index (χ3n) is 2.21. The Kier molecular flexibility index (Phi) is 5.32. The van der Waals surface area contributed by atoms with E-state index in [-0.39, 0.29) is 6.61 Å². The Balaban J connectivity index is 2.45. The molecule has 0 aliphatic rings. The Bertz CT molecular complexity index is 372. The van der Waals surface area contributed by atoms with E-state index >= 15 is 0 Å². The average molecular weight is 264 g/mol. The van der Waals surface area contributed by atoms with E-state index in [0.717, 1.165) is 0 Å². The van der Waals surface area contributed by atoms with Gasteiger partial charge in [-0.2, -0.15) is 13.2 Å². The Hall–Kier alpha value is -1.38. The molecule has 1 heterocycles. The number of pyridine rings is 1. The predicted octanol–water partition coefficient (Wildman–Crippen LogP) is 0.617. The highest BCUT2D eigenvalue weighted by atomic mass is 19.4. The number of nitrogens with one attached hydrogen (secondary N) is 1. The third-order valence-corrected chi connectivity index (χ3v) is 2.21. The Morgan fingerprint density at radius 2 is 2.17 bits per heavy atom. The summed E-state index contributed by atoms with van der Waals surface area (Å²) in [5, 5.41) is 0. The van der Waals surface area contributed by atoms with Crippen molar-refractivity contribution in [3.8, 4) is 0 Å². The summed E-state index contributed by atoms with van der Waals surface area (Å²) < 4.78 is 40.2. The van der Waals surface area contributed by atoms with E-state index in [0.29, 0.717) is 17.8 Å². The van der Waals surface area contributed by atoms with Crippen LogP contribution >= 0.6 is 0 Å². The smallest absolute Gasteiger partial charge is 0.383 e. The van der Waals surface area contributed by atoms with Crippen LogP contribution in [0.25, 0.3) is 0 Å². The molecular formula is C10H15F3N4O. The van der Waals surface area contributed by atoms with Gasteiger partial charge in [-0.15, -0.1) is 0 Å². The largest absolute Gasteiger partial charge is 0.411 e. The van der Waals surface area contributed by atoms with Crippen LogP contribution in [0.2, 0.25) is 0 Å². The van der Waals surface area contributed by atoms with Gasteiger partial charge in [0, 0.05) is 12.2 Å². The number of nitrogens with two attached hydrogens (primary N) is 2. The van der Waals surface area contributed by atoms with Gasteiger partial charge in [-0.3, -0.25) is 11.3 Å². The molecule has 1 aromatic heterocycles. The van der Waals surface area contributed by atoms with E-state index in [4.69, 9.17) is 11.6 Å². The van der Waals surface area contributed by atoms with Crippen LogP contribution in [-0.4, -0.2) is 30.4 Å². The number of aromatic nitrogens is 1. The zero-order valence-corrected chi connectivity index (χ0v) is 9.57. The van der Waals surface area contributed by atoms with Crippen molar-refractivity contribution in [2.45, 2.75) is 18.6 Å². The van der Waals surface area contributed by atoms with Crippen molar-refractivity contribution in [3.05, 3.63) is 23.9 Å². The minimum atomic E-state index is -4.34. The van der Waals surface area contributed by atoms with Crippen LogP contribution < -0.4 is 17.0 Å². The van der Waals surface area contributed by atoms with Crippen molar-refractivity contribution in [3.63, 3.8) is 0 Å². The second-order valence-corrected chi connectivity index (χ2v) is 3.75. The first-order chi connectivity index (χ1) is 8.42. The maximum atomic E-state index is 11.9. The lowest BCUT2D eigenvalue weighted by atomic mass is 10.1. The summed E-state index contributed by atoms with van der Waals surface area (Å²) in [5.74, 6) is 5.58. The first-order valence-electron chi connectivity index (χ1n) is 5.22. The fourth-order valence-electron chi connectivity index (χ4n) is 1.37. The fourth-order valence-corrected chi connectivity index (χ4v) is 1.37. The van der Waals surface area contributed by atoms with Gasteiger partial charge in [0.15, 0.2) is 0 Å². The lowest BCUT2D eigenvalue weighted by Crippen LogP contribution is -2.41. The zero-order chi connectivity index (χ0) is 13.6. The van der Waals surface area contributed by atoms with Crippen LogP contribution in [0.5, 0.6) is 0 Å². The van der Waals surface area contributed by atoms with E-state index in [1.54, 1.807) is 12.1 Å². The summed E-state index contributed by atoms with van der Waals surface area (Å²) in [7, 11) is 0. The van der Waals surface area contributed by atoms with E-state index in [9.17, 15) is 13.2 Å². The summed E-state index contributed by atoms with van der Waals surface area (Å²) in [6.07, 6.45) is -2.47. The minimum absolute atomic E-state index is 0.162. The molecule has 1 atom stereocenters. The van der Waals surface area contributed by atoms with E-state index in [2.05, 4.69) is 15.1 Å². The van der Waals surface area contributed by atoms with Crippen molar-refractivity contribution < 1.29 is 17.9 Å². The average Bonchev–Trinajstić information content (AvgIpc) is 2.29. The summed E-state index contributed by atoms with van der Waals surface area (Å²) >= 11 is 0. The van der Waals surface area contributed by atoms with Crippen molar-refractivity contribution in [2.24, 2.45) is 5.84 Å². The quantitative estimate of drug-likeness (QED) is 0.518. The highest BCUT2D eigenvalue weighted by molar-refractivity contribution is 5.38. The van der Waals surface area contributed by atoms with E-state index < -0.39 is 18.8 Å². The molecule has 102 valence electrons. The molecule has 0 radical (unpaired) electrons. The van der Waals surface area contributed by atoms with Gasteiger partial charge in [-0.1, -0.05) is 6.07 Å². The molecule has 0 aliphatic carbocycles. The van der Waals surface area contributed by atoms with Crippen molar-refractivity contribution in [1.82, 2.24) is 10.4 Å². The highest BCUT2D eigenvalue weighted by Gasteiger charge is 2.27. The minimum Gasteiger partial charge on any atom is -0.383 e. The lowest BCUT2D eigenvalue weighted by molar-refractivity contribution is -0.175. The zero-order valence-electron chi connectivity index (χ0n) is 9.57. The number of halogens is 3. The number of hydrogen-bond donors (Lipinski definition) is 3. The highest BCUT2D eigenvalue weighted by Crippen LogP contribution is 2.15. The van der Waals surface area contributed by atoms with Crippen LogP contribution in [0, 0.1) is 0 Å². The molecule has 18 heavy (non-hydrogen) atoms. The standard InChI is InChI=1S/C10H15F3N4O/c11-10(12,13)6-18-5-8(17-15)4-7-2-1-3-16-9(7)14/h1-3,8,17H,4-6,15H2,(H2,14,16). The van der Waals surface area contributed by atoms with Gasteiger partial charge in [0.25, 0.3) is 0 Å². The summed E-state index contributed by atoms with van der Waals surface area (Å²) in [5.41, 5.74) is 8.71. The first-order valence-corrected chi connectivity index (χ1v) is 5.22.